The minimum absolute atomic E-state index is 0.0538. The average Bonchev–Trinajstić information content (AvgIpc) is 2.70. The van der Waals surface area contributed by atoms with Crippen molar-refractivity contribution in [3.63, 3.8) is 0 Å². The molecule has 1 aromatic heterocycles. The maximum Gasteiger partial charge on any atom is 0.145 e. The maximum atomic E-state index is 14.2. The molecule has 2 rings (SSSR count). The zero-order valence-corrected chi connectivity index (χ0v) is 13.3. The summed E-state index contributed by atoms with van der Waals surface area (Å²) >= 11 is 4.66. The lowest BCUT2D eigenvalue weighted by molar-refractivity contribution is 0.521. The molecule has 0 aliphatic carbocycles. The monoisotopic (exact) mass is 345 g/mol. The molecule has 2 aromatic rings. The average molecular weight is 346 g/mol. The fourth-order valence-corrected chi connectivity index (χ4v) is 3.49. The second kappa shape index (κ2) is 5.69. The molecule has 1 atom stereocenters. The Labute approximate surface area is 123 Å². The van der Waals surface area contributed by atoms with E-state index in [1.807, 2.05) is 19.9 Å². The molecule has 0 saturated heterocycles. The molecule has 0 aliphatic heterocycles. The van der Waals surface area contributed by atoms with Gasteiger partial charge in [0.1, 0.15) is 11.6 Å². The lowest BCUT2D eigenvalue weighted by Crippen LogP contribution is -2.19. The molecule has 0 spiro atoms. The molecule has 1 heterocycles. The second-order valence-electron chi connectivity index (χ2n) is 4.37. The van der Waals surface area contributed by atoms with Gasteiger partial charge >= 0.3 is 0 Å². The quantitative estimate of drug-likeness (QED) is 0.794. The van der Waals surface area contributed by atoms with Gasteiger partial charge < -0.3 is 5.32 Å². The summed E-state index contributed by atoms with van der Waals surface area (Å²) < 4.78 is 28.4. The van der Waals surface area contributed by atoms with E-state index in [1.54, 1.807) is 18.4 Å². The topological polar surface area (TPSA) is 12.0 Å². The Morgan fingerprint density at radius 1 is 1.26 bits per heavy atom. The van der Waals surface area contributed by atoms with Crippen molar-refractivity contribution in [3.05, 3.63) is 55.2 Å². The molecule has 1 unspecified atom stereocenters. The summed E-state index contributed by atoms with van der Waals surface area (Å²) in [6, 6.07) is 4.15. The largest absolute Gasteiger partial charge is 0.308 e. The summed E-state index contributed by atoms with van der Waals surface area (Å²) in [6.07, 6.45) is 0. The van der Waals surface area contributed by atoms with Crippen LogP contribution in [0, 0.1) is 25.5 Å². The van der Waals surface area contributed by atoms with E-state index in [0.29, 0.717) is 0 Å². The lowest BCUT2D eigenvalue weighted by Gasteiger charge is -2.17. The smallest absolute Gasteiger partial charge is 0.145 e. The highest BCUT2D eigenvalue weighted by Crippen LogP contribution is 2.34. The Balaban J connectivity index is 2.57. The zero-order chi connectivity index (χ0) is 14.2. The maximum absolute atomic E-state index is 14.2. The number of hydrogen-bond acceptors (Lipinski definition) is 2. The highest BCUT2D eigenvalue weighted by molar-refractivity contribution is 9.10. The molecule has 0 saturated carbocycles. The van der Waals surface area contributed by atoms with Crippen molar-refractivity contribution in [1.82, 2.24) is 5.32 Å². The predicted octanol–water partition coefficient (Wildman–Crippen LogP) is 4.71. The molecule has 1 aromatic carbocycles. The standard InChI is InChI=1S/C14H14BrF2NS/c1-7-6-11(19-8(7)2)14(18-3)12-10(16)5-4-9(15)13(12)17/h4-6,14,18H,1-3H3. The van der Waals surface area contributed by atoms with Gasteiger partial charge in [0.05, 0.1) is 10.5 Å². The van der Waals surface area contributed by atoms with Crippen LogP contribution < -0.4 is 5.32 Å². The number of benzene rings is 1. The van der Waals surface area contributed by atoms with E-state index in [4.69, 9.17) is 0 Å². The molecular formula is C14H14BrF2NS. The predicted molar refractivity (Wildman–Crippen MR) is 78.8 cm³/mol. The first-order chi connectivity index (χ1) is 8.95. The van der Waals surface area contributed by atoms with Gasteiger partial charge in [0.25, 0.3) is 0 Å². The van der Waals surface area contributed by atoms with Gasteiger partial charge in [0.2, 0.25) is 0 Å². The molecule has 0 aliphatic rings. The van der Waals surface area contributed by atoms with Crippen molar-refractivity contribution >= 4 is 27.3 Å². The van der Waals surface area contributed by atoms with Crippen LogP contribution in [0.3, 0.4) is 0 Å². The molecule has 1 nitrogen and oxygen atoms in total. The third-order valence-corrected chi connectivity index (χ3v) is 4.96. The van der Waals surface area contributed by atoms with Crippen molar-refractivity contribution in [3.8, 4) is 0 Å². The normalized spacial score (nSPS) is 12.7. The van der Waals surface area contributed by atoms with E-state index in [2.05, 4.69) is 21.2 Å². The summed E-state index contributed by atoms with van der Waals surface area (Å²) in [5, 5.41) is 2.99. The summed E-state index contributed by atoms with van der Waals surface area (Å²) in [6.45, 7) is 4.00. The van der Waals surface area contributed by atoms with Crippen molar-refractivity contribution in [2.75, 3.05) is 7.05 Å². The first kappa shape index (κ1) is 14.6. The molecule has 19 heavy (non-hydrogen) atoms. The third kappa shape index (κ3) is 2.73. The Kier molecular flexibility index (Phi) is 4.38. The van der Waals surface area contributed by atoms with E-state index in [1.165, 1.54) is 12.1 Å². The number of nitrogens with one attached hydrogen (secondary N) is 1. The first-order valence-electron chi connectivity index (χ1n) is 5.83. The van der Waals surface area contributed by atoms with E-state index < -0.39 is 17.7 Å². The van der Waals surface area contributed by atoms with Crippen LogP contribution >= 0.6 is 27.3 Å². The number of rotatable bonds is 3. The Bertz CT molecular complexity index is 590. The summed E-state index contributed by atoms with van der Waals surface area (Å²) in [5.41, 5.74) is 1.19. The Morgan fingerprint density at radius 2 is 1.95 bits per heavy atom. The summed E-state index contributed by atoms with van der Waals surface area (Å²) in [7, 11) is 1.70. The highest BCUT2D eigenvalue weighted by Gasteiger charge is 2.24. The summed E-state index contributed by atoms with van der Waals surface area (Å²) in [4.78, 5) is 2.07. The van der Waals surface area contributed by atoms with Crippen LogP contribution in [-0.4, -0.2) is 7.05 Å². The van der Waals surface area contributed by atoms with Crippen LogP contribution in [0.4, 0.5) is 8.78 Å². The number of thiophene rings is 1. The molecule has 5 heteroatoms. The molecule has 0 amide bonds. The van der Waals surface area contributed by atoms with Gasteiger partial charge in [-0.15, -0.1) is 11.3 Å². The van der Waals surface area contributed by atoms with Crippen molar-refractivity contribution in [2.45, 2.75) is 19.9 Å². The van der Waals surface area contributed by atoms with Crippen LogP contribution in [0.25, 0.3) is 0 Å². The van der Waals surface area contributed by atoms with Gasteiger partial charge in [-0.05, 0) is 60.6 Å². The SMILES string of the molecule is CNC(c1cc(C)c(C)s1)c1c(F)ccc(Br)c1F. The molecule has 0 bridgehead atoms. The highest BCUT2D eigenvalue weighted by atomic mass is 79.9. The van der Waals surface area contributed by atoms with Crippen LogP contribution in [0.5, 0.6) is 0 Å². The molecule has 102 valence electrons. The Hall–Kier alpha value is -0.780. The van der Waals surface area contributed by atoms with Crippen LogP contribution in [0.1, 0.15) is 26.9 Å². The number of hydrogen-bond donors (Lipinski definition) is 1. The molecular weight excluding hydrogens is 332 g/mol. The number of halogens is 3. The fourth-order valence-electron chi connectivity index (χ4n) is 1.98. The van der Waals surface area contributed by atoms with Gasteiger partial charge in [-0.2, -0.15) is 0 Å². The first-order valence-corrected chi connectivity index (χ1v) is 7.44. The molecule has 0 fully saturated rings. The Morgan fingerprint density at radius 3 is 2.47 bits per heavy atom. The minimum atomic E-state index is -0.553. The van der Waals surface area contributed by atoms with E-state index in [9.17, 15) is 8.78 Å². The summed E-state index contributed by atoms with van der Waals surface area (Å²) in [5.74, 6) is -1.09. The van der Waals surface area contributed by atoms with Gasteiger partial charge in [0.15, 0.2) is 0 Å². The zero-order valence-electron chi connectivity index (χ0n) is 10.9. The van der Waals surface area contributed by atoms with Crippen LogP contribution in [0.2, 0.25) is 0 Å². The minimum Gasteiger partial charge on any atom is -0.308 e. The van der Waals surface area contributed by atoms with Crippen molar-refractivity contribution in [2.24, 2.45) is 0 Å². The third-order valence-electron chi connectivity index (χ3n) is 3.13. The van der Waals surface area contributed by atoms with E-state index >= 15 is 0 Å². The second-order valence-corrected chi connectivity index (χ2v) is 6.51. The van der Waals surface area contributed by atoms with Crippen LogP contribution in [-0.2, 0) is 0 Å². The number of aryl methyl sites for hydroxylation is 2. The van der Waals surface area contributed by atoms with Gasteiger partial charge in [-0.1, -0.05) is 0 Å². The van der Waals surface area contributed by atoms with E-state index in [-0.39, 0.29) is 10.0 Å². The lowest BCUT2D eigenvalue weighted by atomic mass is 10.0. The van der Waals surface area contributed by atoms with Crippen molar-refractivity contribution in [1.29, 1.82) is 0 Å². The fraction of sp³-hybridized carbons (Fsp3) is 0.286. The molecule has 1 N–H and O–H groups in total. The van der Waals surface area contributed by atoms with Gasteiger partial charge in [0, 0.05) is 15.3 Å². The van der Waals surface area contributed by atoms with Crippen LogP contribution in [0.15, 0.2) is 22.7 Å². The van der Waals surface area contributed by atoms with Gasteiger partial charge in [-0.25, -0.2) is 8.78 Å². The van der Waals surface area contributed by atoms with Gasteiger partial charge in [-0.3, -0.25) is 0 Å². The van der Waals surface area contributed by atoms with Crippen molar-refractivity contribution < 1.29 is 8.78 Å². The van der Waals surface area contributed by atoms with E-state index in [0.717, 1.165) is 15.3 Å². The molecule has 0 radical (unpaired) electrons.